The van der Waals surface area contributed by atoms with Crippen LogP contribution in [0.5, 0.6) is 5.75 Å². The van der Waals surface area contributed by atoms with Crippen LogP contribution in [0.1, 0.15) is 0 Å². The van der Waals surface area contributed by atoms with Crippen LogP contribution >= 0.6 is 11.8 Å². The first-order valence-electron chi connectivity index (χ1n) is 9.48. The molecular formula is C23H16F3N3O2S. The topological polar surface area (TPSA) is 64.1 Å². The highest BCUT2D eigenvalue weighted by molar-refractivity contribution is 8.00. The molecule has 0 saturated carbocycles. The van der Waals surface area contributed by atoms with Gasteiger partial charge in [-0.25, -0.2) is 4.39 Å². The zero-order valence-corrected chi connectivity index (χ0v) is 17.3. The van der Waals surface area contributed by atoms with E-state index in [0.29, 0.717) is 16.4 Å². The molecule has 32 heavy (non-hydrogen) atoms. The van der Waals surface area contributed by atoms with Gasteiger partial charge in [-0.3, -0.25) is 4.79 Å². The number of amides is 1. The van der Waals surface area contributed by atoms with Crippen molar-refractivity contribution in [1.29, 1.82) is 0 Å². The van der Waals surface area contributed by atoms with Gasteiger partial charge in [0.1, 0.15) is 22.3 Å². The van der Waals surface area contributed by atoms with Gasteiger partial charge in [0.15, 0.2) is 0 Å². The minimum absolute atomic E-state index is 0.00959. The van der Waals surface area contributed by atoms with Crippen molar-refractivity contribution in [1.82, 2.24) is 10.2 Å². The van der Waals surface area contributed by atoms with E-state index in [1.807, 2.05) is 24.3 Å². The number of rotatable bonds is 7. The molecule has 5 nitrogen and oxygen atoms in total. The van der Waals surface area contributed by atoms with Crippen LogP contribution in [-0.4, -0.2) is 28.5 Å². The average Bonchev–Trinajstić information content (AvgIpc) is 2.79. The lowest BCUT2D eigenvalue weighted by Crippen LogP contribution is -2.14. The summed E-state index contributed by atoms with van der Waals surface area (Å²) in [5.74, 6) is -0.536. The van der Waals surface area contributed by atoms with Crippen molar-refractivity contribution in [3.05, 3.63) is 78.6 Å². The second-order valence-electron chi connectivity index (χ2n) is 6.65. The summed E-state index contributed by atoms with van der Waals surface area (Å²) in [7, 11) is 0. The van der Waals surface area contributed by atoms with Crippen LogP contribution in [0.2, 0.25) is 0 Å². The predicted molar refractivity (Wildman–Crippen MR) is 117 cm³/mol. The lowest BCUT2D eigenvalue weighted by molar-refractivity contribution is -0.113. The number of aromatic nitrogens is 2. The van der Waals surface area contributed by atoms with E-state index in [4.69, 9.17) is 0 Å². The molecule has 0 spiro atoms. The number of alkyl halides is 2. The molecule has 0 atom stereocenters. The molecular weight excluding hydrogens is 439 g/mol. The second kappa shape index (κ2) is 9.69. The summed E-state index contributed by atoms with van der Waals surface area (Å²) in [4.78, 5) is 12.3. The largest absolute Gasteiger partial charge is 0.435 e. The molecule has 0 radical (unpaired) electrons. The van der Waals surface area contributed by atoms with Gasteiger partial charge in [0.2, 0.25) is 5.91 Å². The SMILES string of the molecule is O=C(CSc1nnc(-c2ccc(F)cc2)c2ccccc12)Nc1ccc(OC(F)F)cc1. The van der Waals surface area contributed by atoms with Gasteiger partial charge in [0, 0.05) is 22.0 Å². The molecule has 0 aliphatic rings. The Morgan fingerprint density at radius 3 is 2.31 bits per heavy atom. The lowest BCUT2D eigenvalue weighted by Gasteiger charge is -2.10. The predicted octanol–water partition coefficient (Wildman–Crippen LogP) is 5.77. The number of benzene rings is 3. The summed E-state index contributed by atoms with van der Waals surface area (Å²) >= 11 is 1.23. The first kappa shape index (κ1) is 21.6. The number of anilines is 1. The third kappa shape index (κ3) is 5.17. The third-order valence-electron chi connectivity index (χ3n) is 4.47. The summed E-state index contributed by atoms with van der Waals surface area (Å²) in [5, 5.41) is 13.5. The van der Waals surface area contributed by atoms with Crippen molar-refractivity contribution >= 4 is 34.1 Å². The number of carbonyl (C=O) groups excluding carboxylic acids is 1. The molecule has 0 aliphatic heterocycles. The number of fused-ring (bicyclic) bond motifs is 1. The van der Waals surface area contributed by atoms with Gasteiger partial charge in [-0.05, 0) is 48.5 Å². The lowest BCUT2D eigenvalue weighted by atomic mass is 10.1. The van der Waals surface area contributed by atoms with Crippen LogP contribution in [-0.2, 0) is 4.79 Å². The number of hydrogen-bond donors (Lipinski definition) is 1. The second-order valence-corrected chi connectivity index (χ2v) is 7.61. The van der Waals surface area contributed by atoms with Gasteiger partial charge in [-0.1, -0.05) is 36.0 Å². The standard InChI is InChI=1S/C23H16F3N3O2S/c24-15-7-5-14(6-8-15)21-18-3-1-2-4-19(18)22(29-28-21)32-13-20(30)27-16-9-11-17(12-10-16)31-23(25)26/h1-12,23H,13H2,(H,27,30). The maximum absolute atomic E-state index is 13.3. The fraction of sp³-hybridized carbons (Fsp3) is 0.0870. The highest BCUT2D eigenvalue weighted by Gasteiger charge is 2.13. The Kier molecular flexibility index (Phi) is 6.55. The Balaban J connectivity index is 1.47. The van der Waals surface area contributed by atoms with E-state index in [-0.39, 0.29) is 23.2 Å². The molecule has 0 fully saturated rings. The molecule has 1 amide bonds. The van der Waals surface area contributed by atoms with E-state index in [1.54, 1.807) is 12.1 Å². The van der Waals surface area contributed by atoms with Crippen molar-refractivity contribution in [2.45, 2.75) is 11.6 Å². The van der Waals surface area contributed by atoms with Crippen LogP contribution in [0.3, 0.4) is 0 Å². The molecule has 0 unspecified atom stereocenters. The van der Waals surface area contributed by atoms with Crippen molar-refractivity contribution in [2.75, 3.05) is 11.1 Å². The quantitative estimate of drug-likeness (QED) is 0.359. The molecule has 0 saturated heterocycles. The van der Waals surface area contributed by atoms with Gasteiger partial charge < -0.3 is 10.1 Å². The Bertz CT molecular complexity index is 1240. The molecule has 4 aromatic rings. The van der Waals surface area contributed by atoms with Gasteiger partial charge in [-0.15, -0.1) is 10.2 Å². The van der Waals surface area contributed by atoms with Gasteiger partial charge in [-0.2, -0.15) is 8.78 Å². The fourth-order valence-corrected chi connectivity index (χ4v) is 3.83. The van der Waals surface area contributed by atoms with Crippen molar-refractivity contribution in [3.63, 3.8) is 0 Å². The number of carbonyl (C=O) groups is 1. The number of nitrogens with one attached hydrogen (secondary N) is 1. The molecule has 3 aromatic carbocycles. The number of hydrogen-bond acceptors (Lipinski definition) is 5. The van der Waals surface area contributed by atoms with Crippen LogP contribution < -0.4 is 10.1 Å². The molecule has 1 heterocycles. The van der Waals surface area contributed by atoms with E-state index in [9.17, 15) is 18.0 Å². The summed E-state index contributed by atoms with van der Waals surface area (Å²) in [6.07, 6.45) is 0. The number of nitrogens with zero attached hydrogens (tertiary/aromatic N) is 2. The summed E-state index contributed by atoms with van der Waals surface area (Å²) < 4.78 is 42.0. The van der Waals surface area contributed by atoms with Gasteiger partial charge in [0.05, 0.1) is 5.75 Å². The van der Waals surface area contributed by atoms with Crippen LogP contribution in [0.4, 0.5) is 18.9 Å². The molecule has 0 aliphatic carbocycles. The number of ether oxygens (including phenoxy) is 1. The Morgan fingerprint density at radius 2 is 1.62 bits per heavy atom. The summed E-state index contributed by atoms with van der Waals surface area (Å²) in [6.45, 7) is -2.91. The first-order valence-corrected chi connectivity index (χ1v) is 10.5. The van der Waals surface area contributed by atoms with E-state index < -0.39 is 6.61 Å². The van der Waals surface area contributed by atoms with Crippen molar-refractivity contribution in [2.24, 2.45) is 0 Å². The molecule has 4 rings (SSSR count). The highest BCUT2D eigenvalue weighted by atomic mass is 32.2. The molecule has 1 aromatic heterocycles. The third-order valence-corrected chi connectivity index (χ3v) is 5.46. The smallest absolute Gasteiger partial charge is 0.387 e. The number of thioether (sulfide) groups is 1. The maximum atomic E-state index is 13.3. The molecule has 1 N–H and O–H groups in total. The summed E-state index contributed by atoms with van der Waals surface area (Å²) in [6, 6.07) is 19.2. The molecule has 9 heteroatoms. The van der Waals surface area contributed by atoms with Crippen LogP contribution in [0, 0.1) is 5.82 Å². The van der Waals surface area contributed by atoms with Crippen molar-refractivity contribution < 1.29 is 22.7 Å². The minimum atomic E-state index is -2.91. The molecule has 0 bridgehead atoms. The average molecular weight is 455 g/mol. The normalized spacial score (nSPS) is 11.0. The van der Waals surface area contributed by atoms with E-state index in [0.717, 1.165) is 16.3 Å². The zero-order chi connectivity index (χ0) is 22.5. The van der Waals surface area contributed by atoms with E-state index >= 15 is 0 Å². The monoisotopic (exact) mass is 455 g/mol. The number of halogens is 3. The van der Waals surface area contributed by atoms with Crippen LogP contribution in [0.15, 0.2) is 77.8 Å². The zero-order valence-electron chi connectivity index (χ0n) is 16.5. The van der Waals surface area contributed by atoms with Gasteiger partial charge in [0.25, 0.3) is 0 Å². The Morgan fingerprint density at radius 1 is 0.938 bits per heavy atom. The highest BCUT2D eigenvalue weighted by Crippen LogP contribution is 2.31. The fourth-order valence-electron chi connectivity index (χ4n) is 3.06. The Labute approximate surface area is 185 Å². The Hall–Kier alpha value is -3.59. The van der Waals surface area contributed by atoms with E-state index in [1.165, 1.54) is 48.2 Å². The van der Waals surface area contributed by atoms with Gasteiger partial charge >= 0.3 is 6.61 Å². The summed E-state index contributed by atoms with van der Waals surface area (Å²) in [5.41, 5.74) is 1.82. The molecule has 162 valence electrons. The maximum Gasteiger partial charge on any atom is 0.387 e. The minimum Gasteiger partial charge on any atom is -0.435 e. The first-order chi connectivity index (χ1) is 15.5. The van der Waals surface area contributed by atoms with E-state index in [2.05, 4.69) is 20.3 Å². The van der Waals surface area contributed by atoms with Crippen LogP contribution in [0.25, 0.3) is 22.0 Å². The van der Waals surface area contributed by atoms with Crippen molar-refractivity contribution in [3.8, 4) is 17.0 Å².